The van der Waals surface area contributed by atoms with E-state index in [1.165, 1.54) is 27.2 Å². The van der Waals surface area contributed by atoms with Crippen LogP contribution in [-0.2, 0) is 22.7 Å². The number of carbonyl (C=O) groups excluding carboxylic acids is 3. The van der Waals surface area contributed by atoms with Crippen LogP contribution in [0.2, 0.25) is 0 Å². The van der Waals surface area contributed by atoms with E-state index in [0.717, 1.165) is 30.7 Å². The molecule has 4 rings (SSSR count). The third-order valence-electron chi connectivity index (χ3n) is 7.06. The minimum Gasteiger partial charge on any atom is -0.355 e. The smallest absolute Gasteiger partial charge is 0.254 e. The van der Waals surface area contributed by atoms with Crippen molar-refractivity contribution in [2.24, 2.45) is 11.7 Å². The van der Waals surface area contributed by atoms with Gasteiger partial charge in [0.15, 0.2) is 0 Å². The Morgan fingerprint density at radius 3 is 2.38 bits per heavy atom. The first-order chi connectivity index (χ1) is 21.4. The molecule has 2 aliphatic rings. The Labute approximate surface area is 275 Å². The first-order valence-electron chi connectivity index (χ1n) is 15.9. The Kier molecular flexibility index (Phi) is 16.0. The zero-order valence-electron chi connectivity index (χ0n) is 28.4. The summed E-state index contributed by atoms with van der Waals surface area (Å²) in [6.07, 6.45) is 2.46. The topological polar surface area (TPSA) is 95.7 Å². The van der Waals surface area contributed by atoms with E-state index in [0.29, 0.717) is 37.7 Å². The largest absolute Gasteiger partial charge is 0.355 e. The van der Waals surface area contributed by atoms with E-state index in [2.05, 4.69) is 90.1 Å². The van der Waals surface area contributed by atoms with E-state index in [4.69, 9.17) is 5.73 Å². The summed E-state index contributed by atoms with van der Waals surface area (Å²) in [6.45, 7) is 19.7. The lowest BCUT2D eigenvalue weighted by Gasteiger charge is -2.20. The van der Waals surface area contributed by atoms with Crippen LogP contribution in [0.5, 0.6) is 0 Å². The second-order valence-electron chi connectivity index (χ2n) is 12.6. The second-order valence-corrected chi connectivity index (χ2v) is 13.4. The normalized spacial score (nSPS) is 14.9. The summed E-state index contributed by atoms with van der Waals surface area (Å²) < 4.78 is 0. The maximum Gasteiger partial charge on any atom is 0.254 e. The standard InChI is InChI=1S/C19H25NOS.C14H17N3O2.C4H10/c1-6-7-10-22-19(15(4)5)16-8-9-17(12-20-13-21)18(11-16)14(2)3;15-11-5-6-16(8-11)13(18)9-17-7-10-3-1-2-4-12(10)14(17)19;1-4(2)3/h8-9,11,13-14H,6,12H2,1-5H3,(H,20,21);1-4,11H,5-9,15H2;4H,1-3H3. The van der Waals surface area contributed by atoms with Crippen LogP contribution < -0.4 is 11.1 Å². The zero-order valence-corrected chi connectivity index (χ0v) is 29.2. The van der Waals surface area contributed by atoms with Gasteiger partial charge in [-0.1, -0.05) is 89.4 Å². The number of benzene rings is 2. The number of rotatable bonds is 8. The van der Waals surface area contributed by atoms with Crippen LogP contribution in [0.25, 0.3) is 4.91 Å². The minimum absolute atomic E-state index is 0.00546. The summed E-state index contributed by atoms with van der Waals surface area (Å²) in [6, 6.07) is 14.1. The van der Waals surface area contributed by atoms with Crippen LogP contribution in [0.1, 0.15) is 107 Å². The van der Waals surface area contributed by atoms with Crippen molar-refractivity contribution in [1.29, 1.82) is 0 Å². The number of hydrogen-bond donors (Lipinski definition) is 2. The van der Waals surface area contributed by atoms with Crippen LogP contribution in [-0.4, -0.2) is 53.7 Å². The van der Waals surface area contributed by atoms with Crippen molar-refractivity contribution >= 4 is 34.9 Å². The number of hydrogen-bond acceptors (Lipinski definition) is 5. The van der Waals surface area contributed by atoms with E-state index in [9.17, 15) is 14.4 Å². The Balaban J connectivity index is 0.000000282. The number of nitrogens with one attached hydrogen (secondary N) is 1. The number of nitrogens with two attached hydrogens (primary N) is 1. The maximum absolute atomic E-state index is 12.1. The van der Waals surface area contributed by atoms with Crippen molar-refractivity contribution < 1.29 is 14.4 Å². The molecule has 2 heterocycles. The molecule has 1 saturated heterocycles. The molecule has 8 heteroatoms. The fraction of sp³-hybridized carbons (Fsp3) is 0.486. The molecule has 7 nitrogen and oxygen atoms in total. The average molecular weight is 633 g/mol. The van der Waals surface area contributed by atoms with Gasteiger partial charge >= 0.3 is 0 Å². The van der Waals surface area contributed by atoms with E-state index in [1.807, 2.05) is 24.3 Å². The van der Waals surface area contributed by atoms with Crippen molar-refractivity contribution in [3.8, 4) is 11.2 Å². The quantitative estimate of drug-likeness (QED) is 0.247. The molecule has 3 amide bonds. The van der Waals surface area contributed by atoms with E-state index in [1.54, 1.807) is 21.6 Å². The summed E-state index contributed by atoms with van der Waals surface area (Å²) in [5.74, 6) is 4.30. The van der Waals surface area contributed by atoms with Crippen molar-refractivity contribution in [3.63, 3.8) is 0 Å². The molecular weight excluding hydrogens is 580 g/mol. The highest BCUT2D eigenvalue weighted by Gasteiger charge is 2.31. The Hall–Kier alpha value is -3.54. The summed E-state index contributed by atoms with van der Waals surface area (Å²) in [4.78, 5) is 39.4. The molecule has 2 aliphatic heterocycles. The van der Waals surface area contributed by atoms with Crippen LogP contribution in [0.4, 0.5) is 0 Å². The maximum atomic E-state index is 12.1. The molecule has 0 aromatic heterocycles. The highest BCUT2D eigenvalue weighted by Crippen LogP contribution is 2.33. The predicted octanol–water partition coefficient (Wildman–Crippen LogP) is 6.78. The molecular formula is C37H52N4O3S. The van der Waals surface area contributed by atoms with Gasteiger partial charge in [-0.2, -0.15) is 0 Å². The molecule has 1 fully saturated rings. The minimum atomic E-state index is -0.0487. The van der Waals surface area contributed by atoms with Gasteiger partial charge in [-0.15, -0.1) is 0 Å². The molecule has 2 aromatic rings. The van der Waals surface area contributed by atoms with Crippen molar-refractivity contribution in [1.82, 2.24) is 15.1 Å². The SMILES string of the molecule is CC(C)C.CCC#CSC(=C(C)C)c1ccc(CNC=O)c(C(C)C)c1.NC1CCN(C(=O)CN2Cc3ccccc3C2=O)C1. The van der Waals surface area contributed by atoms with Gasteiger partial charge in [-0.3, -0.25) is 14.4 Å². The monoisotopic (exact) mass is 632 g/mol. The lowest BCUT2D eigenvalue weighted by atomic mass is 9.94. The molecule has 2 aromatic carbocycles. The number of carbonyl (C=O) groups is 3. The van der Waals surface area contributed by atoms with E-state index < -0.39 is 0 Å². The molecule has 1 atom stereocenters. The van der Waals surface area contributed by atoms with Crippen LogP contribution >= 0.6 is 11.8 Å². The molecule has 45 heavy (non-hydrogen) atoms. The third kappa shape index (κ3) is 12.1. The number of likely N-dealkylation sites (tertiary alicyclic amines) is 1. The molecule has 0 aliphatic carbocycles. The van der Waals surface area contributed by atoms with Gasteiger partial charge in [0, 0.05) is 49.1 Å². The van der Waals surface area contributed by atoms with Gasteiger partial charge < -0.3 is 20.9 Å². The molecule has 244 valence electrons. The summed E-state index contributed by atoms with van der Waals surface area (Å²) >= 11 is 1.60. The molecule has 0 spiro atoms. The third-order valence-corrected chi connectivity index (χ3v) is 8.16. The fourth-order valence-corrected chi connectivity index (χ4v) is 5.68. The number of fused-ring (bicyclic) bond motifs is 1. The second kappa shape index (κ2) is 19.1. The number of nitrogens with zero attached hydrogens (tertiary/aromatic N) is 2. The lowest BCUT2D eigenvalue weighted by Crippen LogP contribution is -2.40. The van der Waals surface area contributed by atoms with Crippen molar-refractivity contribution in [3.05, 3.63) is 75.9 Å². The molecule has 3 N–H and O–H groups in total. The molecule has 0 bridgehead atoms. The summed E-state index contributed by atoms with van der Waals surface area (Å²) in [5.41, 5.74) is 12.4. The van der Waals surface area contributed by atoms with Crippen LogP contribution in [0.3, 0.4) is 0 Å². The fourth-order valence-electron chi connectivity index (χ4n) is 4.91. The molecule has 0 saturated carbocycles. The Morgan fingerprint density at radius 1 is 1.13 bits per heavy atom. The molecule has 0 radical (unpaired) electrons. The van der Waals surface area contributed by atoms with Gasteiger partial charge in [0.1, 0.15) is 6.54 Å². The Bertz CT molecular complexity index is 1380. The van der Waals surface area contributed by atoms with Crippen LogP contribution in [0.15, 0.2) is 48.0 Å². The van der Waals surface area contributed by atoms with Gasteiger partial charge in [-0.05, 0) is 77.4 Å². The van der Waals surface area contributed by atoms with Gasteiger partial charge in [-0.25, -0.2) is 0 Å². The van der Waals surface area contributed by atoms with Gasteiger partial charge in [0.25, 0.3) is 5.91 Å². The Morgan fingerprint density at radius 2 is 1.82 bits per heavy atom. The highest BCUT2D eigenvalue weighted by molar-refractivity contribution is 8.12. The zero-order chi connectivity index (χ0) is 33.5. The molecule has 1 unspecified atom stereocenters. The number of thioether (sulfide) groups is 1. The average Bonchev–Trinajstić information content (AvgIpc) is 3.57. The van der Waals surface area contributed by atoms with Crippen molar-refractivity contribution in [2.45, 2.75) is 93.3 Å². The first kappa shape index (κ1) is 37.6. The van der Waals surface area contributed by atoms with Crippen LogP contribution in [0, 0.1) is 17.1 Å². The van der Waals surface area contributed by atoms with Gasteiger partial charge in [0.2, 0.25) is 12.3 Å². The number of amides is 3. The first-order valence-corrected chi connectivity index (χ1v) is 16.7. The predicted molar refractivity (Wildman–Crippen MR) is 188 cm³/mol. The lowest BCUT2D eigenvalue weighted by molar-refractivity contribution is -0.130. The van der Waals surface area contributed by atoms with Crippen molar-refractivity contribution in [2.75, 3.05) is 19.6 Å². The van der Waals surface area contributed by atoms with E-state index in [-0.39, 0.29) is 24.4 Å². The highest BCUT2D eigenvalue weighted by atomic mass is 32.2. The van der Waals surface area contributed by atoms with Gasteiger partial charge in [0.05, 0.1) is 0 Å². The van der Waals surface area contributed by atoms with E-state index >= 15 is 0 Å². The summed E-state index contributed by atoms with van der Waals surface area (Å²) in [5, 5.41) is 5.92. The summed E-state index contributed by atoms with van der Waals surface area (Å²) in [7, 11) is 0. The number of allylic oxidation sites excluding steroid dienone is 1.